The van der Waals surface area contributed by atoms with Crippen LogP contribution in [0, 0.1) is 5.82 Å². The van der Waals surface area contributed by atoms with Crippen LogP contribution in [0.1, 0.15) is 17.3 Å². The van der Waals surface area contributed by atoms with Crippen molar-refractivity contribution in [3.05, 3.63) is 40.8 Å². The second-order valence-electron chi connectivity index (χ2n) is 4.91. The number of ether oxygens (including phenoxy) is 3. The van der Waals surface area contributed by atoms with E-state index in [-0.39, 0.29) is 42.3 Å². The van der Waals surface area contributed by atoms with Crippen LogP contribution in [0.5, 0.6) is 5.75 Å². The summed E-state index contributed by atoms with van der Waals surface area (Å²) >= 11 is 0. The van der Waals surface area contributed by atoms with E-state index in [0.29, 0.717) is 0 Å². The lowest BCUT2D eigenvalue weighted by Gasteiger charge is -2.21. The number of nitrogens with one attached hydrogen (secondary N) is 2. The first-order valence-corrected chi connectivity index (χ1v) is 7.41. The van der Waals surface area contributed by atoms with Crippen LogP contribution in [0.3, 0.4) is 0 Å². The number of amides is 2. The van der Waals surface area contributed by atoms with Crippen molar-refractivity contribution in [3.63, 3.8) is 0 Å². The molecule has 2 N–H and O–H groups in total. The van der Waals surface area contributed by atoms with Gasteiger partial charge in [0.05, 0.1) is 37.1 Å². The molecule has 2 amide bonds. The van der Waals surface area contributed by atoms with Gasteiger partial charge in [0.15, 0.2) is 11.6 Å². The van der Waals surface area contributed by atoms with Crippen LogP contribution in [0.15, 0.2) is 29.5 Å². The Hall–Kier alpha value is -3.10. The predicted octanol–water partition coefficient (Wildman–Crippen LogP) is 1.12. The second-order valence-corrected chi connectivity index (χ2v) is 4.91. The van der Waals surface area contributed by atoms with Gasteiger partial charge in [0, 0.05) is 0 Å². The minimum atomic E-state index is -0.815. The van der Waals surface area contributed by atoms with Crippen molar-refractivity contribution in [2.24, 2.45) is 0 Å². The Bertz CT molecular complexity index is 731. The molecule has 1 aliphatic rings. The molecule has 0 fully saturated rings. The molecule has 9 heteroatoms. The first kappa shape index (κ1) is 18.2. The van der Waals surface area contributed by atoms with E-state index in [2.05, 4.69) is 10.6 Å². The SMILES string of the molecule is CCOC(=O)C1=C(COC(=O)c2ccc(OC)c(F)c2)NC(=O)NC1. The average molecular weight is 352 g/mol. The molecule has 25 heavy (non-hydrogen) atoms. The molecule has 0 bridgehead atoms. The van der Waals surface area contributed by atoms with Gasteiger partial charge >= 0.3 is 18.0 Å². The van der Waals surface area contributed by atoms with E-state index in [1.54, 1.807) is 6.92 Å². The third kappa shape index (κ3) is 4.46. The maximum Gasteiger partial charge on any atom is 0.338 e. The highest BCUT2D eigenvalue weighted by Gasteiger charge is 2.24. The third-order valence-corrected chi connectivity index (χ3v) is 3.31. The monoisotopic (exact) mass is 352 g/mol. The number of hydrogen-bond acceptors (Lipinski definition) is 6. The van der Waals surface area contributed by atoms with Crippen LogP contribution in [0.2, 0.25) is 0 Å². The van der Waals surface area contributed by atoms with Gasteiger partial charge in [-0.15, -0.1) is 0 Å². The fraction of sp³-hybridized carbons (Fsp3) is 0.312. The minimum absolute atomic E-state index is 0.00512. The standard InChI is InChI=1S/C16H17FN2O6/c1-3-24-15(21)10-7-18-16(22)19-12(10)8-25-14(20)9-4-5-13(23-2)11(17)6-9/h4-6H,3,7-8H2,1-2H3,(H2,18,19,22). The fourth-order valence-corrected chi connectivity index (χ4v) is 2.08. The molecule has 0 saturated heterocycles. The first-order valence-electron chi connectivity index (χ1n) is 7.41. The minimum Gasteiger partial charge on any atom is -0.494 e. The zero-order chi connectivity index (χ0) is 18.4. The van der Waals surface area contributed by atoms with Crippen molar-refractivity contribution in [3.8, 4) is 5.75 Å². The van der Waals surface area contributed by atoms with Gasteiger partial charge in [-0.05, 0) is 25.1 Å². The summed E-state index contributed by atoms with van der Waals surface area (Å²) in [6.07, 6.45) is 0. The molecule has 1 aromatic carbocycles. The number of carbonyl (C=O) groups is 3. The van der Waals surface area contributed by atoms with Crippen molar-refractivity contribution in [1.29, 1.82) is 0 Å². The number of benzene rings is 1. The first-order chi connectivity index (χ1) is 12.0. The van der Waals surface area contributed by atoms with E-state index in [1.165, 1.54) is 19.2 Å². The molecule has 1 aromatic rings. The summed E-state index contributed by atoms with van der Waals surface area (Å²) in [5.41, 5.74) is 0.233. The highest BCUT2D eigenvalue weighted by Crippen LogP contribution is 2.18. The van der Waals surface area contributed by atoms with Gasteiger partial charge in [0.25, 0.3) is 0 Å². The summed E-state index contributed by atoms with van der Waals surface area (Å²) in [5, 5.41) is 4.83. The van der Waals surface area contributed by atoms with E-state index >= 15 is 0 Å². The molecule has 1 aliphatic heterocycles. The molecular formula is C16H17FN2O6. The summed E-state index contributed by atoms with van der Waals surface area (Å²) in [7, 11) is 1.31. The number of hydrogen-bond donors (Lipinski definition) is 2. The number of carbonyl (C=O) groups excluding carboxylic acids is 3. The molecule has 134 valence electrons. The van der Waals surface area contributed by atoms with Crippen molar-refractivity contribution >= 4 is 18.0 Å². The molecule has 0 radical (unpaired) electrons. The fourth-order valence-electron chi connectivity index (χ4n) is 2.08. The number of rotatable bonds is 6. The maximum absolute atomic E-state index is 13.6. The van der Waals surface area contributed by atoms with Crippen LogP contribution in [-0.2, 0) is 14.3 Å². The zero-order valence-electron chi connectivity index (χ0n) is 13.7. The van der Waals surface area contributed by atoms with Crippen LogP contribution in [0.4, 0.5) is 9.18 Å². The van der Waals surface area contributed by atoms with E-state index in [4.69, 9.17) is 14.2 Å². The lowest BCUT2D eigenvalue weighted by atomic mass is 10.1. The van der Waals surface area contributed by atoms with Crippen LogP contribution in [-0.4, -0.2) is 44.8 Å². The Morgan fingerprint density at radius 2 is 2.00 bits per heavy atom. The smallest absolute Gasteiger partial charge is 0.338 e. The maximum atomic E-state index is 13.6. The average Bonchev–Trinajstić information content (AvgIpc) is 2.59. The zero-order valence-corrected chi connectivity index (χ0v) is 13.7. The van der Waals surface area contributed by atoms with Gasteiger partial charge in [-0.1, -0.05) is 0 Å². The highest BCUT2D eigenvalue weighted by molar-refractivity contribution is 5.94. The van der Waals surface area contributed by atoms with Crippen molar-refractivity contribution in [2.45, 2.75) is 6.92 Å². The summed E-state index contributed by atoms with van der Waals surface area (Å²) in [5.74, 6) is -2.16. The van der Waals surface area contributed by atoms with E-state index in [0.717, 1.165) is 6.07 Å². The topological polar surface area (TPSA) is 103 Å². The number of methoxy groups -OCH3 is 1. The van der Waals surface area contributed by atoms with Crippen molar-refractivity contribution in [1.82, 2.24) is 10.6 Å². The number of esters is 2. The molecule has 0 aromatic heterocycles. The summed E-state index contributed by atoms with van der Waals surface area (Å²) < 4.78 is 28.3. The number of urea groups is 1. The Labute approximate surface area is 142 Å². The van der Waals surface area contributed by atoms with Crippen molar-refractivity contribution in [2.75, 3.05) is 26.9 Å². The molecule has 0 unspecified atom stereocenters. The quantitative estimate of drug-likeness (QED) is 0.744. The van der Waals surface area contributed by atoms with Crippen LogP contribution >= 0.6 is 0 Å². The molecule has 0 aliphatic carbocycles. The molecule has 0 saturated carbocycles. The summed E-state index contributed by atoms with van der Waals surface area (Å²) in [4.78, 5) is 35.3. The normalized spacial score (nSPS) is 13.6. The van der Waals surface area contributed by atoms with Gasteiger partial charge in [-0.25, -0.2) is 18.8 Å². The van der Waals surface area contributed by atoms with Crippen LogP contribution in [0.25, 0.3) is 0 Å². The highest BCUT2D eigenvalue weighted by atomic mass is 19.1. The Balaban J connectivity index is 2.11. The molecule has 2 rings (SSSR count). The summed E-state index contributed by atoms with van der Waals surface area (Å²) in [6.45, 7) is 1.39. The predicted molar refractivity (Wildman–Crippen MR) is 83.4 cm³/mol. The molecule has 0 spiro atoms. The molecule has 1 heterocycles. The van der Waals surface area contributed by atoms with Gasteiger partial charge in [-0.2, -0.15) is 0 Å². The van der Waals surface area contributed by atoms with Gasteiger partial charge in [0.1, 0.15) is 6.61 Å². The number of halogens is 1. The second kappa shape index (κ2) is 8.13. The lowest BCUT2D eigenvalue weighted by molar-refractivity contribution is -0.138. The van der Waals surface area contributed by atoms with Gasteiger partial charge < -0.3 is 24.8 Å². The Kier molecular flexibility index (Phi) is 5.93. The molecule has 8 nitrogen and oxygen atoms in total. The molecular weight excluding hydrogens is 335 g/mol. The van der Waals surface area contributed by atoms with E-state index < -0.39 is 23.8 Å². The largest absolute Gasteiger partial charge is 0.494 e. The Morgan fingerprint density at radius 3 is 2.64 bits per heavy atom. The van der Waals surface area contributed by atoms with E-state index in [9.17, 15) is 18.8 Å². The van der Waals surface area contributed by atoms with Gasteiger partial charge in [0.2, 0.25) is 0 Å². The lowest BCUT2D eigenvalue weighted by Crippen LogP contribution is -2.45. The van der Waals surface area contributed by atoms with Crippen LogP contribution < -0.4 is 15.4 Å². The molecule has 0 atom stereocenters. The van der Waals surface area contributed by atoms with E-state index in [1.807, 2.05) is 0 Å². The Morgan fingerprint density at radius 1 is 1.24 bits per heavy atom. The summed E-state index contributed by atoms with van der Waals surface area (Å²) in [6, 6.07) is 3.07. The van der Waals surface area contributed by atoms with Gasteiger partial charge in [-0.3, -0.25) is 0 Å². The van der Waals surface area contributed by atoms with Crippen molar-refractivity contribution < 1.29 is 33.0 Å². The third-order valence-electron chi connectivity index (χ3n) is 3.31.